The first kappa shape index (κ1) is 14.9. The molecular weight excluding hydrogens is 290 g/mol. The summed E-state index contributed by atoms with van der Waals surface area (Å²) < 4.78 is 19.5. The van der Waals surface area contributed by atoms with Gasteiger partial charge in [-0.2, -0.15) is 4.98 Å². The summed E-state index contributed by atoms with van der Waals surface area (Å²) in [6.45, 7) is 0.430. The van der Waals surface area contributed by atoms with Gasteiger partial charge in [-0.25, -0.2) is 4.98 Å². The molecule has 0 radical (unpaired) electrons. The Labute approximate surface area is 126 Å². The number of methoxy groups -OCH3 is 2. The maximum absolute atomic E-state index is 12.1. The molecule has 9 nitrogen and oxygen atoms in total. The Balaban J connectivity index is 2.00. The molecule has 0 spiro atoms. The zero-order chi connectivity index (χ0) is 15.9. The predicted molar refractivity (Wildman–Crippen MR) is 78.4 cm³/mol. The number of nitrogens with zero attached hydrogens (tertiary/aromatic N) is 4. The number of aromatic nitrogens is 4. The van der Waals surface area contributed by atoms with Gasteiger partial charge in [0.15, 0.2) is 11.2 Å². The quantitative estimate of drug-likeness (QED) is 0.823. The number of nitrogen functional groups attached to an aromatic ring is 1. The van der Waals surface area contributed by atoms with Crippen molar-refractivity contribution in [3.05, 3.63) is 16.7 Å². The predicted octanol–water partition coefficient (Wildman–Crippen LogP) is -0.339. The van der Waals surface area contributed by atoms with Crippen LogP contribution >= 0.6 is 0 Å². The molecule has 0 aliphatic carbocycles. The molecule has 2 aromatic rings. The molecule has 0 bridgehead atoms. The summed E-state index contributed by atoms with van der Waals surface area (Å²) in [5.74, 6) is 0.133. The molecule has 3 heterocycles. The van der Waals surface area contributed by atoms with E-state index in [9.17, 15) is 4.79 Å². The van der Waals surface area contributed by atoms with Crippen LogP contribution in [0.15, 0.2) is 11.1 Å². The van der Waals surface area contributed by atoms with E-state index in [0.29, 0.717) is 18.7 Å². The van der Waals surface area contributed by atoms with E-state index in [0.717, 1.165) is 0 Å². The highest BCUT2D eigenvalue weighted by atomic mass is 16.6. The molecule has 1 aliphatic heterocycles. The van der Waals surface area contributed by atoms with Gasteiger partial charge in [-0.3, -0.25) is 13.9 Å². The van der Waals surface area contributed by atoms with Crippen molar-refractivity contribution < 1.29 is 14.2 Å². The standard InChI is InChI=1S/C13H19N5O4/c1-17-12(19)10-11(16-13(17)14)18(6-15-10)9-4-7(21-3)8(22-9)5-20-2/h6-9H,4-5H2,1-3H3,(H2,14,16). The molecule has 3 rings (SSSR count). The Hall–Kier alpha value is -1.97. The average Bonchev–Trinajstić information content (AvgIpc) is 3.09. The van der Waals surface area contributed by atoms with Gasteiger partial charge in [-0.1, -0.05) is 0 Å². The molecule has 0 aromatic carbocycles. The van der Waals surface area contributed by atoms with Crippen molar-refractivity contribution in [2.45, 2.75) is 24.9 Å². The van der Waals surface area contributed by atoms with Crippen molar-refractivity contribution in [1.82, 2.24) is 19.1 Å². The largest absolute Gasteiger partial charge is 0.382 e. The van der Waals surface area contributed by atoms with Crippen molar-refractivity contribution in [1.29, 1.82) is 0 Å². The smallest absolute Gasteiger partial charge is 0.282 e. The van der Waals surface area contributed by atoms with Crippen LogP contribution in [0.2, 0.25) is 0 Å². The fraction of sp³-hybridized carbons (Fsp3) is 0.615. The van der Waals surface area contributed by atoms with Gasteiger partial charge in [0.05, 0.1) is 19.0 Å². The van der Waals surface area contributed by atoms with E-state index in [1.165, 1.54) is 4.57 Å². The minimum atomic E-state index is -0.325. The van der Waals surface area contributed by atoms with E-state index in [2.05, 4.69) is 9.97 Å². The molecule has 0 saturated carbocycles. The van der Waals surface area contributed by atoms with E-state index in [4.69, 9.17) is 19.9 Å². The molecule has 1 fully saturated rings. The number of fused-ring (bicyclic) bond motifs is 1. The maximum Gasteiger partial charge on any atom is 0.282 e. The lowest BCUT2D eigenvalue weighted by molar-refractivity contribution is -0.0597. The van der Waals surface area contributed by atoms with E-state index >= 15 is 0 Å². The molecule has 0 amide bonds. The fourth-order valence-corrected chi connectivity index (χ4v) is 2.71. The van der Waals surface area contributed by atoms with Gasteiger partial charge in [-0.15, -0.1) is 0 Å². The highest BCUT2D eigenvalue weighted by Gasteiger charge is 2.37. The molecule has 3 unspecified atom stereocenters. The van der Waals surface area contributed by atoms with Gasteiger partial charge in [0.25, 0.3) is 5.56 Å². The number of imidazole rings is 1. The van der Waals surface area contributed by atoms with E-state index in [-0.39, 0.29) is 35.5 Å². The van der Waals surface area contributed by atoms with Crippen LogP contribution in [0.5, 0.6) is 0 Å². The molecular formula is C13H19N5O4. The molecule has 9 heteroatoms. The molecule has 2 aromatic heterocycles. The number of rotatable bonds is 4. The molecule has 22 heavy (non-hydrogen) atoms. The van der Waals surface area contributed by atoms with Gasteiger partial charge < -0.3 is 19.9 Å². The van der Waals surface area contributed by atoms with Gasteiger partial charge >= 0.3 is 0 Å². The second kappa shape index (κ2) is 5.67. The van der Waals surface area contributed by atoms with E-state index in [1.54, 1.807) is 32.2 Å². The first-order valence-electron chi connectivity index (χ1n) is 6.93. The monoisotopic (exact) mass is 309 g/mol. The van der Waals surface area contributed by atoms with Crippen LogP contribution < -0.4 is 11.3 Å². The van der Waals surface area contributed by atoms with E-state index < -0.39 is 0 Å². The lowest BCUT2D eigenvalue weighted by Crippen LogP contribution is -2.27. The molecule has 120 valence electrons. The fourth-order valence-electron chi connectivity index (χ4n) is 2.71. The lowest BCUT2D eigenvalue weighted by Gasteiger charge is -2.16. The van der Waals surface area contributed by atoms with E-state index in [1.807, 2.05) is 0 Å². The molecule has 1 aliphatic rings. The van der Waals surface area contributed by atoms with Crippen LogP contribution in [-0.4, -0.2) is 52.1 Å². The van der Waals surface area contributed by atoms with Crippen LogP contribution in [0.1, 0.15) is 12.6 Å². The highest BCUT2D eigenvalue weighted by molar-refractivity contribution is 5.70. The van der Waals surface area contributed by atoms with Crippen LogP contribution in [0.3, 0.4) is 0 Å². The van der Waals surface area contributed by atoms with Crippen LogP contribution in [0, 0.1) is 0 Å². The summed E-state index contributed by atoms with van der Waals surface area (Å²) in [5.41, 5.74) is 6.17. The summed E-state index contributed by atoms with van der Waals surface area (Å²) in [6, 6.07) is 0. The van der Waals surface area contributed by atoms with Crippen LogP contribution in [-0.2, 0) is 21.3 Å². The second-order valence-corrected chi connectivity index (χ2v) is 5.25. The zero-order valence-electron chi connectivity index (χ0n) is 12.7. The van der Waals surface area contributed by atoms with Crippen molar-refractivity contribution >= 4 is 17.1 Å². The Morgan fingerprint density at radius 3 is 2.95 bits per heavy atom. The first-order chi connectivity index (χ1) is 10.6. The Bertz CT molecular complexity index is 740. The van der Waals surface area contributed by atoms with Crippen molar-refractivity contribution in [3.63, 3.8) is 0 Å². The number of anilines is 1. The first-order valence-corrected chi connectivity index (χ1v) is 6.93. The lowest BCUT2D eigenvalue weighted by atomic mass is 10.2. The molecule has 1 saturated heterocycles. The average molecular weight is 309 g/mol. The van der Waals surface area contributed by atoms with Crippen molar-refractivity contribution in [2.75, 3.05) is 26.6 Å². The highest BCUT2D eigenvalue weighted by Crippen LogP contribution is 2.32. The summed E-state index contributed by atoms with van der Waals surface area (Å²) in [7, 11) is 4.81. The van der Waals surface area contributed by atoms with Crippen molar-refractivity contribution in [2.24, 2.45) is 7.05 Å². The Kier molecular flexibility index (Phi) is 3.85. The summed E-state index contributed by atoms with van der Waals surface area (Å²) in [5, 5.41) is 0. The number of hydrogen-bond acceptors (Lipinski definition) is 7. The summed E-state index contributed by atoms with van der Waals surface area (Å²) in [4.78, 5) is 20.5. The van der Waals surface area contributed by atoms with Gasteiger partial charge in [-0.05, 0) is 0 Å². The van der Waals surface area contributed by atoms with Gasteiger partial charge in [0, 0.05) is 27.7 Å². The third-order valence-electron chi connectivity index (χ3n) is 3.96. The third kappa shape index (κ3) is 2.27. The summed E-state index contributed by atoms with van der Waals surface area (Å²) in [6.07, 6.45) is 1.57. The SMILES string of the molecule is COCC1OC(n2cnc3c(=O)n(C)c(N)nc32)CC1OC. The Morgan fingerprint density at radius 2 is 2.27 bits per heavy atom. The van der Waals surface area contributed by atoms with Gasteiger partial charge in [0.1, 0.15) is 12.3 Å². The zero-order valence-corrected chi connectivity index (χ0v) is 12.7. The topological polar surface area (TPSA) is 106 Å². The van der Waals surface area contributed by atoms with Crippen LogP contribution in [0.25, 0.3) is 11.2 Å². The Morgan fingerprint density at radius 1 is 1.50 bits per heavy atom. The normalized spacial score (nSPS) is 25.1. The number of ether oxygens (including phenoxy) is 3. The molecule has 3 atom stereocenters. The molecule has 2 N–H and O–H groups in total. The third-order valence-corrected chi connectivity index (χ3v) is 3.96. The maximum atomic E-state index is 12.1. The minimum absolute atomic E-state index is 0.0914. The van der Waals surface area contributed by atoms with Crippen molar-refractivity contribution in [3.8, 4) is 0 Å². The summed E-state index contributed by atoms with van der Waals surface area (Å²) >= 11 is 0. The van der Waals surface area contributed by atoms with Gasteiger partial charge in [0.2, 0.25) is 5.95 Å². The second-order valence-electron chi connectivity index (χ2n) is 5.25. The van der Waals surface area contributed by atoms with Crippen LogP contribution in [0.4, 0.5) is 5.95 Å². The number of nitrogens with two attached hydrogens (primary N) is 1. The number of hydrogen-bond donors (Lipinski definition) is 1. The minimum Gasteiger partial charge on any atom is -0.382 e.